The van der Waals surface area contributed by atoms with Crippen molar-refractivity contribution in [1.29, 1.82) is 0 Å². The van der Waals surface area contributed by atoms with Gasteiger partial charge in [-0.15, -0.1) is 0 Å². The van der Waals surface area contributed by atoms with Crippen LogP contribution >= 0.6 is 11.6 Å². The summed E-state index contributed by atoms with van der Waals surface area (Å²) in [6.45, 7) is 0. The quantitative estimate of drug-likeness (QED) is 0.836. The van der Waals surface area contributed by atoms with Crippen molar-refractivity contribution in [2.75, 3.05) is 5.73 Å². The molecule has 1 aromatic carbocycles. The Morgan fingerprint density at radius 2 is 2.26 bits per heavy atom. The summed E-state index contributed by atoms with van der Waals surface area (Å²) in [4.78, 5) is 15.8. The highest BCUT2D eigenvalue weighted by Crippen LogP contribution is 2.28. The Balaban J connectivity index is 1.85. The molecule has 6 nitrogen and oxygen atoms in total. The van der Waals surface area contributed by atoms with Gasteiger partial charge in [-0.2, -0.15) is 4.98 Å². The molecule has 0 radical (unpaired) electrons. The molecule has 0 aliphatic heterocycles. The Kier molecular flexibility index (Phi) is 2.87. The molecule has 0 spiro atoms. The summed E-state index contributed by atoms with van der Waals surface area (Å²) < 4.78 is 5.05. The largest absolute Gasteiger partial charge is 0.399 e. The lowest BCUT2D eigenvalue weighted by Crippen LogP contribution is -2.26. The minimum atomic E-state index is -0.330. The van der Waals surface area contributed by atoms with Crippen LogP contribution in [0, 0.1) is 0 Å². The predicted molar refractivity (Wildman–Crippen MR) is 69.6 cm³/mol. The lowest BCUT2D eigenvalue weighted by Gasteiger charge is -1.99. The van der Waals surface area contributed by atoms with E-state index in [9.17, 15) is 4.79 Å². The van der Waals surface area contributed by atoms with Gasteiger partial charge in [-0.25, -0.2) is 0 Å². The molecule has 0 unspecified atom stereocenters. The maximum Gasteiger partial charge on any atom is 0.292 e. The minimum Gasteiger partial charge on any atom is -0.399 e. The summed E-state index contributed by atoms with van der Waals surface area (Å²) in [5.74, 6) is -0.121. The number of carbonyl (C=O) groups excluding carboxylic acids is 1. The van der Waals surface area contributed by atoms with Gasteiger partial charge in [-0.05, 0) is 31.0 Å². The average molecular weight is 279 g/mol. The molecular formula is C12H11ClN4O2. The number of carbonyl (C=O) groups is 1. The monoisotopic (exact) mass is 278 g/mol. The van der Waals surface area contributed by atoms with Crippen LogP contribution in [0.5, 0.6) is 0 Å². The summed E-state index contributed by atoms with van der Waals surface area (Å²) >= 11 is 6.04. The van der Waals surface area contributed by atoms with Crippen LogP contribution in [0.4, 0.5) is 5.69 Å². The molecule has 1 fully saturated rings. The third-order valence-electron chi connectivity index (χ3n) is 2.77. The van der Waals surface area contributed by atoms with Gasteiger partial charge in [0.25, 0.3) is 17.6 Å². The molecule has 1 aliphatic rings. The Labute approximate surface area is 113 Å². The zero-order valence-corrected chi connectivity index (χ0v) is 10.6. The van der Waals surface area contributed by atoms with Crippen molar-refractivity contribution in [3.05, 3.63) is 29.0 Å². The summed E-state index contributed by atoms with van der Waals surface area (Å²) in [6, 6.07) is 5.18. The van der Waals surface area contributed by atoms with Gasteiger partial charge in [0.1, 0.15) is 0 Å². The number of nitrogen functional groups attached to an aromatic ring is 1. The van der Waals surface area contributed by atoms with Crippen molar-refractivity contribution >= 4 is 23.2 Å². The number of hydrogen-bond acceptors (Lipinski definition) is 5. The Morgan fingerprint density at radius 3 is 2.95 bits per heavy atom. The Bertz CT molecular complexity index is 636. The first kappa shape index (κ1) is 12.0. The van der Waals surface area contributed by atoms with Gasteiger partial charge < -0.3 is 15.6 Å². The van der Waals surface area contributed by atoms with Crippen LogP contribution in [-0.4, -0.2) is 22.1 Å². The van der Waals surface area contributed by atoms with Gasteiger partial charge in [-0.3, -0.25) is 4.79 Å². The topological polar surface area (TPSA) is 94.0 Å². The molecule has 98 valence electrons. The van der Waals surface area contributed by atoms with Gasteiger partial charge in [-0.1, -0.05) is 16.8 Å². The van der Waals surface area contributed by atoms with Crippen LogP contribution in [0.25, 0.3) is 11.5 Å². The normalized spacial score (nSPS) is 14.4. The third kappa shape index (κ3) is 2.53. The maximum absolute atomic E-state index is 11.7. The number of benzene rings is 1. The van der Waals surface area contributed by atoms with E-state index in [1.165, 1.54) is 0 Å². The Hall–Kier alpha value is -2.08. The summed E-state index contributed by atoms with van der Waals surface area (Å²) in [6.07, 6.45) is 2.00. The molecule has 7 heteroatoms. The van der Waals surface area contributed by atoms with Crippen molar-refractivity contribution < 1.29 is 9.32 Å². The van der Waals surface area contributed by atoms with E-state index in [1.54, 1.807) is 18.2 Å². The number of hydrogen-bond donors (Lipinski definition) is 2. The van der Waals surface area contributed by atoms with E-state index in [1.807, 2.05) is 0 Å². The number of aromatic nitrogens is 2. The van der Waals surface area contributed by atoms with E-state index >= 15 is 0 Å². The molecule has 1 aliphatic carbocycles. The highest BCUT2D eigenvalue weighted by atomic mass is 35.5. The van der Waals surface area contributed by atoms with Crippen LogP contribution < -0.4 is 11.1 Å². The number of anilines is 1. The fourth-order valence-corrected chi connectivity index (χ4v) is 1.88. The number of rotatable bonds is 3. The van der Waals surface area contributed by atoms with E-state index in [4.69, 9.17) is 21.9 Å². The first-order valence-corrected chi connectivity index (χ1v) is 6.21. The number of nitrogens with two attached hydrogens (primary N) is 1. The lowest BCUT2D eigenvalue weighted by atomic mass is 10.2. The van der Waals surface area contributed by atoms with E-state index < -0.39 is 0 Å². The molecule has 0 bridgehead atoms. The summed E-state index contributed by atoms with van der Waals surface area (Å²) in [7, 11) is 0. The van der Waals surface area contributed by atoms with Crippen molar-refractivity contribution in [2.24, 2.45) is 0 Å². The molecule has 3 N–H and O–H groups in total. The molecule has 1 heterocycles. The second-order valence-corrected chi connectivity index (χ2v) is 4.82. The second kappa shape index (κ2) is 4.55. The Morgan fingerprint density at radius 1 is 1.47 bits per heavy atom. The standard InChI is InChI=1S/C12H11ClN4O2/c13-9-5-6(14)1-4-8(9)12-16-10(17-19-12)11(18)15-7-2-3-7/h1,4-5,7H,2-3,14H2,(H,15,18). The first-order chi connectivity index (χ1) is 9.13. The zero-order valence-electron chi connectivity index (χ0n) is 9.89. The van der Waals surface area contributed by atoms with Crippen LogP contribution in [0.3, 0.4) is 0 Å². The van der Waals surface area contributed by atoms with E-state index in [0.29, 0.717) is 16.3 Å². The van der Waals surface area contributed by atoms with E-state index in [-0.39, 0.29) is 23.7 Å². The first-order valence-electron chi connectivity index (χ1n) is 5.83. The van der Waals surface area contributed by atoms with Gasteiger partial charge in [0, 0.05) is 11.7 Å². The smallest absolute Gasteiger partial charge is 0.292 e. The molecule has 1 aromatic heterocycles. The lowest BCUT2D eigenvalue weighted by molar-refractivity contribution is 0.0937. The summed E-state index contributed by atoms with van der Waals surface area (Å²) in [5, 5.41) is 6.83. The average Bonchev–Trinajstić information content (AvgIpc) is 3.04. The molecular weight excluding hydrogens is 268 g/mol. The number of halogens is 1. The molecule has 1 amide bonds. The maximum atomic E-state index is 11.7. The molecule has 0 atom stereocenters. The van der Waals surface area contributed by atoms with Crippen LogP contribution in [0.1, 0.15) is 23.5 Å². The number of nitrogens with one attached hydrogen (secondary N) is 1. The number of nitrogens with zero attached hydrogens (tertiary/aromatic N) is 2. The molecule has 0 saturated heterocycles. The van der Waals surface area contributed by atoms with Crippen LogP contribution in [0.15, 0.2) is 22.7 Å². The fraction of sp³-hybridized carbons (Fsp3) is 0.250. The second-order valence-electron chi connectivity index (χ2n) is 4.41. The highest BCUT2D eigenvalue weighted by molar-refractivity contribution is 6.33. The number of amides is 1. The van der Waals surface area contributed by atoms with E-state index in [2.05, 4.69) is 15.5 Å². The SMILES string of the molecule is Nc1ccc(-c2nc(C(=O)NC3CC3)no2)c(Cl)c1. The van der Waals surface area contributed by atoms with Crippen molar-refractivity contribution in [3.63, 3.8) is 0 Å². The van der Waals surface area contributed by atoms with Crippen molar-refractivity contribution in [3.8, 4) is 11.5 Å². The minimum absolute atomic E-state index is 0.00907. The zero-order chi connectivity index (χ0) is 13.4. The predicted octanol–water partition coefficient (Wildman–Crippen LogP) is 1.86. The molecule has 1 saturated carbocycles. The van der Waals surface area contributed by atoms with Gasteiger partial charge in [0.2, 0.25) is 0 Å². The van der Waals surface area contributed by atoms with Crippen molar-refractivity contribution in [2.45, 2.75) is 18.9 Å². The third-order valence-corrected chi connectivity index (χ3v) is 3.08. The van der Waals surface area contributed by atoms with Crippen LogP contribution in [0.2, 0.25) is 5.02 Å². The fourth-order valence-electron chi connectivity index (χ4n) is 1.61. The van der Waals surface area contributed by atoms with Gasteiger partial charge >= 0.3 is 0 Å². The molecule has 3 rings (SSSR count). The van der Waals surface area contributed by atoms with Crippen molar-refractivity contribution in [1.82, 2.24) is 15.5 Å². The summed E-state index contributed by atoms with van der Waals surface area (Å²) in [5.41, 5.74) is 6.70. The highest BCUT2D eigenvalue weighted by Gasteiger charge is 2.26. The molecule has 2 aromatic rings. The van der Waals surface area contributed by atoms with Gasteiger partial charge in [0.15, 0.2) is 0 Å². The van der Waals surface area contributed by atoms with E-state index in [0.717, 1.165) is 12.8 Å². The van der Waals surface area contributed by atoms with Gasteiger partial charge in [0.05, 0.1) is 10.6 Å². The molecule has 19 heavy (non-hydrogen) atoms. The van der Waals surface area contributed by atoms with Crippen LogP contribution in [-0.2, 0) is 0 Å².